The number of hydrogen-bond acceptors (Lipinski definition) is 2. The lowest BCUT2D eigenvalue weighted by molar-refractivity contribution is 0.0479. The molecule has 0 aromatic heterocycles. The average molecular weight is 293 g/mol. The SMILES string of the molecule is C=CCC1=CC(C)[C@@H](C)[C@@H](C)O1.CC.CCO.CCl. The van der Waals surface area contributed by atoms with Gasteiger partial charge in [-0.25, -0.2) is 0 Å². The number of aliphatic hydroxyl groups excluding tert-OH is 1. The predicted octanol–water partition coefficient (Wildman–Crippen LogP) is 5.02. The van der Waals surface area contributed by atoms with Crippen molar-refractivity contribution in [3.05, 3.63) is 24.5 Å². The Morgan fingerprint density at radius 3 is 2.05 bits per heavy atom. The van der Waals surface area contributed by atoms with Crippen LogP contribution in [0.4, 0.5) is 0 Å². The first kappa shape index (κ1) is 23.6. The van der Waals surface area contributed by atoms with E-state index in [-0.39, 0.29) is 6.61 Å². The first-order valence-electron chi connectivity index (χ1n) is 7.03. The monoisotopic (exact) mass is 292 g/mol. The maximum Gasteiger partial charge on any atom is 0.0985 e. The molecule has 0 aromatic carbocycles. The lowest BCUT2D eigenvalue weighted by Gasteiger charge is -2.31. The fourth-order valence-corrected chi connectivity index (χ4v) is 1.52. The van der Waals surface area contributed by atoms with E-state index in [2.05, 4.69) is 45.0 Å². The quantitative estimate of drug-likeness (QED) is 0.572. The highest BCUT2D eigenvalue weighted by Crippen LogP contribution is 2.28. The smallest absolute Gasteiger partial charge is 0.0985 e. The number of alkyl halides is 1. The van der Waals surface area contributed by atoms with Gasteiger partial charge in [0.05, 0.1) is 11.9 Å². The van der Waals surface area contributed by atoms with E-state index < -0.39 is 0 Å². The molecule has 3 atom stereocenters. The van der Waals surface area contributed by atoms with Crippen LogP contribution >= 0.6 is 11.6 Å². The minimum Gasteiger partial charge on any atom is -0.495 e. The molecule has 0 aromatic rings. The summed E-state index contributed by atoms with van der Waals surface area (Å²) in [4.78, 5) is 0. The normalized spacial score (nSPS) is 23.8. The van der Waals surface area contributed by atoms with Gasteiger partial charge in [0, 0.05) is 19.4 Å². The van der Waals surface area contributed by atoms with Crippen molar-refractivity contribution in [3.63, 3.8) is 0 Å². The Morgan fingerprint density at radius 2 is 1.74 bits per heavy atom. The van der Waals surface area contributed by atoms with Crippen molar-refractivity contribution in [1.29, 1.82) is 0 Å². The fraction of sp³-hybridized carbons (Fsp3) is 0.750. The highest BCUT2D eigenvalue weighted by atomic mass is 35.5. The highest BCUT2D eigenvalue weighted by molar-refractivity contribution is 6.15. The number of allylic oxidation sites excluding steroid dienone is 2. The summed E-state index contributed by atoms with van der Waals surface area (Å²) in [6.07, 6.45) is 6.79. The molecule has 19 heavy (non-hydrogen) atoms. The summed E-state index contributed by atoms with van der Waals surface area (Å²) in [5.41, 5.74) is 0. The van der Waals surface area contributed by atoms with Gasteiger partial charge in [0.2, 0.25) is 0 Å². The molecule has 1 N–H and O–H groups in total. The molecule has 1 heterocycles. The van der Waals surface area contributed by atoms with E-state index in [1.165, 1.54) is 6.38 Å². The van der Waals surface area contributed by atoms with E-state index in [1.54, 1.807) is 6.92 Å². The van der Waals surface area contributed by atoms with Gasteiger partial charge < -0.3 is 9.84 Å². The first-order chi connectivity index (χ1) is 9.06. The van der Waals surface area contributed by atoms with Crippen molar-refractivity contribution in [1.82, 2.24) is 0 Å². The molecule has 1 unspecified atom stereocenters. The zero-order valence-electron chi connectivity index (χ0n) is 13.7. The number of aliphatic hydroxyl groups is 1. The van der Waals surface area contributed by atoms with Crippen LogP contribution in [0.15, 0.2) is 24.5 Å². The summed E-state index contributed by atoms with van der Waals surface area (Å²) in [5, 5.41) is 7.57. The topological polar surface area (TPSA) is 29.5 Å². The van der Waals surface area contributed by atoms with Crippen molar-refractivity contribution < 1.29 is 9.84 Å². The molecule has 0 bridgehead atoms. The number of halogens is 1. The van der Waals surface area contributed by atoms with Crippen molar-refractivity contribution in [3.8, 4) is 0 Å². The van der Waals surface area contributed by atoms with Crippen molar-refractivity contribution in [2.24, 2.45) is 11.8 Å². The van der Waals surface area contributed by atoms with Gasteiger partial charge in [-0.05, 0) is 31.8 Å². The molecule has 116 valence electrons. The molecule has 0 amide bonds. The highest BCUT2D eigenvalue weighted by Gasteiger charge is 2.24. The molecule has 2 nitrogen and oxygen atoms in total. The van der Waals surface area contributed by atoms with Gasteiger partial charge in [-0.15, -0.1) is 18.2 Å². The van der Waals surface area contributed by atoms with Crippen molar-refractivity contribution >= 4 is 11.6 Å². The summed E-state index contributed by atoms with van der Waals surface area (Å²) in [6.45, 7) is 16.2. The van der Waals surface area contributed by atoms with Crippen LogP contribution in [0.5, 0.6) is 0 Å². The summed E-state index contributed by atoms with van der Waals surface area (Å²) in [7, 11) is 0. The Kier molecular flexibility index (Phi) is 21.8. The summed E-state index contributed by atoms with van der Waals surface area (Å²) in [5.74, 6) is 2.34. The van der Waals surface area contributed by atoms with Crippen molar-refractivity contribution in [2.45, 2.75) is 54.1 Å². The van der Waals surface area contributed by atoms with Gasteiger partial charge in [-0.1, -0.05) is 33.8 Å². The summed E-state index contributed by atoms with van der Waals surface area (Å²) in [6, 6.07) is 0. The molecule has 0 radical (unpaired) electrons. The van der Waals surface area contributed by atoms with Gasteiger partial charge >= 0.3 is 0 Å². The predicted molar refractivity (Wildman–Crippen MR) is 87.7 cm³/mol. The third-order valence-electron chi connectivity index (χ3n) is 2.70. The van der Waals surface area contributed by atoms with Crippen LogP contribution in [0.3, 0.4) is 0 Å². The van der Waals surface area contributed by atoms with Gasteiger partial charge in [0.15, 0.2) is 0 Å². The standard InChI is InChI=1S/C11H18O.C2H6O.C2H6.CH3Cl/c1-5-6-11-7-8(2)9(3)10(4)12-11;1-2-3;2*1-2/h5,7-10H,1,6H2,2-4H3;3H,2H2,1H3;1-2H3;1H3/t8?,9-,10-;;;/m1.../s1. The number of hydrogen-bond donors (Lipinski definition) is 1. The Labute approximate surface area is 125 Å². The summed E-state index contributed by atoms with van der Waals surface area (Å²) < 4.78 is 5.70. The first-order valence-corrected chi connectivity index (χ1v) is 7.79. The van der Waals surface area contributed by atoms with E-state index in [4.69, 9.17) is 9.84 Å². The van der Waals surface area contributed by atoms with E-state index in [0.717, 1.165) is 12.2 Å². The van der Waals surface area contributed by atoms with Crippen LogP contribution in [-0.2, 0) is 4.74 Å². The zero-order valence-corrected chi connectivity index (χ0v) is 14.5. The molecule has 0 spiro atoms. The third-order valence-corrected chi connectivity index (χ3v) is 2.70. The Bertz CT molecular complexity index is 215. The second-order valence-corrected chi connectivity index (χ2v) is 3.98. The van der Waals surface area contributed by atoms with Crippen LogP contribution in [0, 0.1) is 11.8 Å². The third kappa shape index (κ3) is 12.3. The van der Waals surface area contributed by atoms with Gasteiger partial charge in [0.1, 0.15) is 0 Å². The fourth-order valence-electron chi connectivity index (χ4n) is 1.52. The number of rotatable bonds is 2. The van der Waals surface area contributed by atoms with Gasteiger partial charge in [0.25, 0.3) is 0 Å². The molecule has 0 fully saturated rings. The van der Waals surface area contributed by atoms with E-state index in [1.807, 2.05) is 19.9 Å². The Hall–Kier alpha value is -0.470. The Morgan fingerprint density at radius 1 is 1.32 bits per heavy atom. The maximum atomic E-state index is 7.57. The van der Waals surface area contributed by atoms with Gasteiger partial charge in [-0.2, -0.15) is 0 Å². The molecule has 1 rings (SSSR count). The van der Waals surface area contributed by atoms with E-state index in [9.17, 15) is 0 Å². The van der Waals surface area contributed by atoms with Crippen LogP contribution in [0.1, 0.15) is 48.0 Å². The molecule has 3 heteroatoms. The van der Waals surface area contributed by atoms with Crippen LogP contribution in [0.2, 0.25) is 0 Å². The molecular weight excluding hydrogens is 260 g/mol. The van der Waals surface area contributed by atoms with Crippen LogP contribution in [-0.4, -0.2) is 24.2 Å². The lowest BCUT2D eigenvalue weighted by Crippen LogP contribution is -2.27. The van der Waals surface area contributed by atoms with Crippen LogP contribution in [0.25, 0.3) is 0 Å². The van der Waals surface area contributed by atoms with Crippen molar-refractivity contribution in [2.75, 3.05) is 13.0 Å². The average Bonchev–Trinajstić information content (AvgIpc) is 2.42. The lowest BCUT2D eigenvalue weighted by atomic mass is 9.88. The molecule has 1 aliphatic rings. The minimum absolute atomic E-state index is 0.250. The maximum absolute atomic E-state index is 7.57. The largest absolute Gasteiger partial charge is 0.495 e. The summed E-state index contributed by atoms with van der Waals surface area (Å²) >= 11 is 4.64. The minimum atomic E-state index is 0.250. The Balaban J connectivity index is -0.000000313. The number of ether oxygens (including phenoxy) is 1. The molecule has 0 aliphatic carbocycles. The second-order valence-electron chi connectivity index (χ2n) is 3.98. The van der Waals surface area contributed by atoms with Crippen LogP contribution < -0.4 is 0 Å². The molecular formula is C16H33ClO2. The molecule has 1 aliphatic heterocycles. The van der Waals surface area contributed by atoms with Gasteiger partial charge in [-0.3, -0.25) is 0 Å². The molecule has 0 saturated carbocycles. The van der Waals surface area contributed by atoms with E-state index in [0.29, 0.717) is 17.9 Å². The van der Waals surface area contributed by atoms with E-state index >= 15 is 0 Å². The molecule has 0 saturated heterocycles. The zero-order chi connectivity index (χ0) is 15.8. The second kappa shape index (κ2) is 17.5.